The second-order valence-corrected chi connectivity index (χ2v) is 9.37. The van der Waals surface area contributed by atoms with Crippen LogP contribution < -0.4 is 10.1 Å². The molecule has 0 bridgehead atoms. The van der Waals surface area contributed by atoms with E-state index < -0.39 is 5.60 Å². The molecule has 4 heterocycles. The highest BCUT2D eigenvalue weighted by atomic mass is 16.6. The maximum atomic E-state index is 10.3. The van der Waals surface area contributed by atoms with Crippen molar-refractivity contribution in [2.75, 3.05) is 18.5 Å². The Hall–Kier alpha value is -3.23. The molecule has 8 heteroatoms. The van der Waals surface area contributed by atoms with E-state index in [9.17, 15) is 5.11 Å². The van der Waals surface area contributed by atoms with Crippen LogP contribution in [0.2, 0.25) is 0 Å². The first kappa shape index (κ1) is 20.4. The molecule has 2 N–H and O–H groups in total. The molecule has 1 saturated carbocycles. The highest BCUT2D eigenvalue weighted by Gasteiger charge is 2.30. The summed E-state index contributed by atoms with van der Waals surface area (Å²) in [6.45, 7) is 3.03. The third-order valence-electron chi connectivity index (χ3n) is 6.67. The number of fused-ring (bicyclic) bond motifs is 2. The molecule has 1 aromatic carbocycles. The summed E-state index contributed by atoms with van der Waals surface area (Å²) >= 11 is 0. The molecule has 6 rings (SSSR count). The summed E-state index contributed by atoms with van der Waals surface area (Å²) in [5.41, 5.74) is 3.29. The molecule has 33 heavy (non-hydrogen) atoms. The van der Waals surface area contributed by atoms with Gasteiger partial charge in [0.05, 0.1) is 24.3 Å². The van der Waals surface area contributed by atoms with Gasteiger partial charge in [-0.15, -0.1) is 5.10 Å². The first-order valence-corrected chi connectivity index (χ1v) is 11.5. The number of ether oxygens (including phenoxy) is 2. The molecule has 1 aliphatic carbocycles. The molecule has 2 aliphatic rings. The van der Waals surface area contributed by atoms with E-state index in [2.05, 4.69) is 28.5 Å². The largest absolute Gasteiger partial charge is 0.468 e. The highest BCUT2D eigenvalue weighted by Crippen LogP contribution is 2.35. The van der Waals surface area contributed by atoms with Crippen molar-refractivity contribution in [1.29, 1.82) is 0 Å². The normalized spacial score (nSPS) is 23.5. The van der Waals surface area contributed by atoms with Gasteiger partial charge < -0.3 is 19.9 Å². The Kier molecular flexibility index (Phi) is 4.92. The maximum absolute atomic E-state index is 10.3. The second-order valence-electron chi connectivity index (χ2n) is 9.37. The monoisotopic (exact) mass is 445 g/mol. The first-order valence-electron chi connectivity index (χ1n) is 11.5. The van der Waals surface area contributed by atoms with Crippen molar-refractivity contribution in [3.8, 4) is 17.0 Å². The van der Waals surface area contributed by atoms with E-state index in [0.29, 0.717) is 25.0 Å². The van der Waals surface area contributed by atoms with Crippen LogP contribution in [0.5, 0.6) is 5.88 Å². The molecule has 0 atom stereocenters. The van der Waals surface area contributed by atoms with Gasteiger partial charge in [-0.3, -0.25) is 4.98 Å². The van der Waals surface area contributed by atoms with Crippen LogP contribution in [0, 0.1) is 0 Å². The zero-order valence-electron chi connectivity index (χ0n) is 18.6. The van der Waals surface area contributed by atoms with Crippen LogP contribution in [0.3, 0.4) is 0 Å². The lowest BCUT2D eigenvalue weighted by atomic mass is 9.84. The molecular formula is C25H27N5O3. The number of benzene rings is 1. The van der Waals surface area contributed by atoms with E-state index in [0.717, 1.165) is 53.2 Å². The quantitative estimate of drug-likeness (QED) is 0.482. The molecule has 0 spiro atoms. The predicted molar refractivity (Wildman–Crippen MR) is 125 cm³/mol. The van der Waals surface area contributed by atoms with Crippen molar-refractivity contribution in [2.45, 2.75) is 50.4 Å². The van der Waals surface area contributed by atoms with Crippen molar-refractivity contribution in [3.05, 3.63) is 48.8 Å². The van der Waals surface area contributed by atoms with E-state index in [-0.39, 0.29) is 12.1 Å². The van der Waals surface area contributed by atoms with Gasteiger partial charge in [-0.05, 0) is 62.4 Å². The van der Waals surface area contributed by atoms with Gasteiger partial charge in [0, 0.05) is 29.4 Å². The Morgan fingerprint density at radius 3 is 2.82 bits per heavy atom. The van der Waals surface area contributed by atoms with Gasteiger partial charge in [0.25, 0.3) is 0 Å². The number of aromatic nitrogens is 4. The standard InChI is InChI=1S/C25H27N5O3/c1-25(31)9-6-18(7-10-25)27-24-28-23(33-19-14-32-15-19)22-20(8-12-30(22)29-24)16-4-5-21-17(13-16)3-2-11-26-21/h2-5,8,11-13,18-19,31H,6-7,9-10,14-15H2,1H3,(H,27,29)/t18-,25-. The lowest BCUT2D eigenvalue weighted by molar-refractivity contribution is -0.0808. The SMILES string of the molecule is C[C@]1(O)CC[C@H](Nc2nc(OC3COC3)c3c(-c4ccc5ncccc5c4)ccn3n2)CC1. The molecule has 4 aromatic rings. The molecule has 8 nitrogen and oxygen atoms in total. The van der Waals surface area contributed by atoms with Gasteiger partial charge in [0.2, 0.25) is 11.8 Å². The fourth-order valence-electron chi connectivity index (χ4n) is 4.62. The number of hydrogen-bond donors (Lipinski definition) is 2. The summed E-state index contributed by atoms with van der Waals surface area (Å²) < 4.78 is 13.4. The lowest BCUT2D eigenvalue weighted by Gasteiger charge is -2.33. The molecule has 0 amide bonds. The van der Waals surface area contributed by atoms with Crippen molar-refractivity contribution in [3.63, 3.8) is 0 Å². The Morgan fingerprint density at radius 1 is 1.18 bits per heavy atom. The number of anilines is 1. The van der Waals surface area contributed by atoms with Gasteiger partial charge in [-0.1, -0.05) is 12.1 Å². The van der Waals surface area contributed by atoms with Gasteiger partial charge in [-0.25, -0.2) is 4.52 Å². The molecule has 2 fully saturated rings. The van der Waals surface area contributed by atoms with Gasteiger partial charge in [-0.2, -0.15) is 4.98 Å². The van der Waals surface area contributed by atoms with E-state index >= 15 is 0 Å². The number of hydrogen-bond acceptors (Lipinski definition) is 7. The van der Waals surface area contributed by atoms with Gasteiger partial charge in [0.1, 0.15) is 11.6 Å². The third-order valence-corrected chi connectivity index (χ3v) is 6.67. The van der Waals surface area contributed by atoms with Crippen molar-refractivity contribution < 1.29 is 14.6 Å². The molecule has 1 saturated heterocycles. The topological polar surface area (TPSA) is 93.8 Å². The smallest absolute Gasteiger partial charge is 0.244 e. The minimum Gasteiger partial charge on any atom is -0.468 e. The summed E-state index contributed by atoms with van der Waals surface area (Å²) in [5, 5.41) is 19.5. The number of aliphatic hydroxyl groups is 1. The van der Waals surface area contributed by atoms with E-state index in [4.69, 9.17) is 19.6 Å². The van der Waals surface area contributed by atoms with E-state index in [1.54, 1.807) is 6.20 Å². The van der Waals surface area contributed by atoms with Crippen LogP contribution in [0.25, 0.3) is 27.5 Å². The fraction of sp³-hybridized carbons (Fsp3) is 0.400. The lowest BCUT2D eigenvalue weighted by Crippen LogP contribution is -2.39. The molecule has 170 valence electrons. The average Bonchev–Trinajstić information content (AvgIpc) is 3.21. The van der Waals surface area contributed by atoms with Crippen LogP contribution in [-0.4, -0.2) is 55.6 Å². The molecule has 1 aliphatic heterocycles. The second kappa shape index (κ2) is 7.97. The Bertz CT molecular complexity index is 1300. The van der Waals surface area contributed by atoms with E-state index in [1.165, 1.54) is 0 Å². The highest BCUT2D eigenvalue weighted by molar-refractivity contribution is 5.90. The average molecular weight is 446 g/mol. The summed E-state index contributed by atoms with van der Waals surface area (Å²) in [7, 11) is 0. The van der Waals surface area contributed by atoms with Crippen molar-refractivity contribution in [1.82, 2.24) is 19.6 Å². The van der Waals surface area contributed by atoms with Crippen LogP contribution in [-0.2, 0) is 4.74 Å². The van der Waals surface area contributed by atoms with Gasteiger partial charge in [0.15, 0.2) is 0 Å². The number of nitrogens with one attached hydrogen (secondary N) is 1. The molecule has 3 aromatic heterocycles. The Labute approximate surface area is 191 Å². The summed E-state index contributed by atoms with van der Waals surface area (Å²) in [4.78, 5) is 9.20. The third kappa shape index (κ3) is 4.00. The van der Waals surface area contributed by atoms with Crippen molar-refractivity contribution in [2.24, 2.45) is 0 Å². The minimum atomic E-state index is -0.577. The van der Waals surface area contributed by atoms with Crippen LogP contribution in [0.15, 0.2) is 48.8 Å². The summed E-state index contributed by atoms with van der Waals surface area (Å²) in [5.74, 6) is 1.09. The molecular weight excluding hydrogens is 418 g/mol. The maximum Gasteiger partial charge on any atom is 0.244 e. The van der Waals surface area contributed by atoms with Gasteiger partial charge >= 0.3 is 0 Å². The Morgan fingerprint density at radius 2 is 2.03 bits per heavy atom. The van der Waals surface area contributed by atoms with Crippen LogP contribution in [0.4, 0.5) is 5.95 Å². The number of rotatable bonds is 5. The zero-order valence-corrected chi connectivity index (χ0v) is 18.6. The summed E-state index contributed by atoms with van der Waals surface area (Å²) in [6.07, 6.45) is 7.02. The molecule has 0 unspecified atom stereocenters. The van der Waals surface area contributed by atoms with Crippen LogP contribution in [0.1, 0.15) is 32.6 Å². The minimum absolute atomic E-state index is 0.00937. The Balaban J connectivity index is 1.38. The number of nitrogens with zero attached hydrogens (tertiary/aromatic N) is 4. The number of pyridine rings is 1. The van der Waals surface area contributed by atoms with E-state index in [1.807, 2.05) is 35.8 Å². The summed E-state index contributed by atoms with van der Waals surface area (Å²) in [6, 6.07) is 12.5. The predicted octanol–water partition coefficient (Wildman–Crippen LogP) is 3.83. The molecule has 0 radical (unpaired) electrons. The zero-order chi connectivity index (χ0) is 22.4. The first-order chi connectivity index (χ1) is 16.0. The van der Waals surface area contributed by atoms with Crippen molar-refractivity contribution >= 4 is 22.4 Å². The fourth-order valence-corrected chi connectivity index (χ4v) is 4.62. The van der Waals surface area contributed by atoms with Crippen LogP contribution >= 0.6 is 0 Å².